The molecule has 1 aromatic heterocycles. The molecule has 1 aliphatic heterocycles. The summed E-state index contributed by atoms with van der Waals surface area (Å²) in [6.07, 6.45) is 0. The number of rotatable bonds is 4. The van der Waals surface area contributed by atoms with Gasteiger partial charge in [0, 0.05) is 61.1 Å². The quantitative estimate of drug-likeness (QED) is 0.396. The van der Waals surface area contributed by atoms with Crippen LogP contribution in [0.1, 0.15) is 5.56 Å². The van der Waals surface area contributed by atoms with E-state index in [0.717, 1.165) is 31.9 Å². The van der Waals surface area contributed by atoms with E-state index in [1.165, 1.54) is 24.3 Å². The van der Waals surface area contributed by atoms with Crippen molar-refractivity contribution in [3.63, 3.8) is 0 Å². The Hall–Kier alpha value is -3.68. The maximum atomic E-state index is 12.9. The molecule has 2 heterocycles. The Balaban J connectivity index is 1.45. The minimum atomic E-state index is -0.407. The minimum Gasteiger partial charge on any atom is -0.508 e. The normalized spacial score (nSPS) is 14.6. The molecule has 1 fully saturated rings. The number of phenolic OH excluding ortho intramolecular Hbond substituents is 3. The fraction of sp³-hybridized carbons (Fsp3) is 0.192. The summed E-state index contributed by atoms with van der Waals surface area (Å²) in [7, 11) is 0. The number of nitrogens with zero attached hydrogens (tertiary/aromatic N) is 2. The van der Waals surface area contributed by atoms with Crippen LogP contribution in [0.3, 0.4) is 0 Å². The highest BCUT2D eigenvalue weighted by molar-refractivity contribution is 6.30. The van der Waals surface area contributed by atoms with Gasteiger partial charge in [0.2, 0.25) is 0 Å². The highest BCUT2D eigenvalue weighted by Crippen LogP contribution is 2.36. The fourth-order valence-corrected chi connectivity index (χ4v) is 4.44. The second-order valence-corrected chi connectivity index (χ2v) is 8.80. The summed E-state index contributed by atoms with van der Waals surface area (Å²) < 4.78 is 6.05. The van der Waals surface area contributed by atoms with Crippen molar-refractivity contribution in [1.82, 2.24) is 4.90 Å². The predicted molar refractivity (Wildman–Crippen MR) is 132 cm³/mol. The van der Waals surface area contributed by atoms with Gasteiger partial charge in [-0.3, -0.25) is 9.69 Å². The summed E-state index contributed by atoms with van der Waals surface area (Å²) in [4.78, 5) is 17.3. The Kier molecular flexibility index (Phi) is 5.81. The van der Waals surface area contributed by atoms with E-state index in [1.54, 1.807) is 12.1 Å². The Labute approximate surface area is 200 Å². The Morgan fingerprint density at radius 1 is 0.853 bits per heavy atom. The zero-order valence-electron chi connectivity index (χ0n) is 18.2. The first-order valence-corrected chi connectivity index (χ1v) is 11.3. The number of benzene rings is 3. The SMILES string of the molecule is O=c1cc(-c2ccc(O)cc2)oc2c(CN3CCN(c4ccc(Cl)cc4)CC3)c(O)cc(O)c12. The number of hydrogen-bond donors (Lipinski definition) is 3. The molecule has 34 heavy (non-hydrogen) atoms. The summed E-state index contributed by atoms with van der Waals surface area (Å²) in [5, 5.41) is 31.3. The highest BCUT2D eigenvalue weighted by atomic mass is 35.5. The smallest absolute Gasteiger partial charge is 0.197 e. The molecule has 0 bridgehead atoms. The van der Waals surface area contributed by atoms with Gasteiger partial charge in [-0.1, -0.05) is 11.6 Å². The van der Waals surface area contributed by atoms with Crippen molar-refractivity contribution in [3.05, 3.63) is 81.5 Å². The van der Waals surface area contributed by atoms with Gasteiger partial charge in [-0.2, -0.15) is 0 Å². The third-order valence-corrected chi connectivity index (χ3v) is 6.41. The molecule has 0 radical (unpaired) electrons. The molecule has 3 aromatic carbocycles. The minimum absolute atomic E-state index is 0.0372. The van der Waals surface area contributed by atoms with Gasteiger partial charge in [0.05, 0.1) is 5.56 Å². The van der Waals surface area contributed by atoms with Crippen LogP contribution in [0, 0.1) is 0 Å². The van der Waals surface area contributed by atoms with E-state index in [2.05, 4.69) is 9.80 Å². The third-order valence-electron chi connectivity index (χ3n) is 6.16. The van der Waals surface area contributed by atoms with Crippen LogP contribution in [0.5, 0.6) is 17.2 Å². The molecule has 1 aliphatic rings. The lowest BCUT2D eigenvalue weighted by Gasteiger charge is -2.36. The molecule has 0 unspecified atom stereocenters. The third kappa shape index (κ3) is 4.27. The van der Waals surface area contributed by atoms with E-state index in [-0.39, 0.29) is 34.0 Å². The van der Waals surface area contributed by atoms with Crippen molar-refractivity contribution < 1.29 is 19.7 Å². The molecule has 174 valence electrons. The van der Waals surface area contributed by atoms with E-state index >= 15 is 0 Å². The van der Waals surface area contributed by atoms with Crippen LogP contribution in [0.4, 0.5) is 5.69 Å². The number of anilines is 1. The number of aromatic hydroxyl groups is 3. The number of fused-ring (bicyclic) bond motifs is 1. The van der Waals surface area contributed by atoms with Gasteiger partial charge >= 0.3 is 0 Å². The van der Waals surface area contributed by atoms with Crippen LogP contribution in [0.25, 0.3) is 22.3 Å². The van der Waals surface area contributed by atoms with Gasteiger partial charge in [0.15, 0.2) is 11.0 Å². The van der Waals surface area contributed by atoms with Crippen LogP contribution in [0.15, 0.2) is 69.9 Å². The number of phenols is 3. The van der Waals surface area contributed by atoms with Gasteiger partial charge in [-0.05, 0) is 48.5 Å². The van der Waals surface area contributed by atoms with E-state index in [9.17, 15) is 20.1 Å². The van der Waals surface area contributed by atoms with Crippen molar-refractivity contribution in [2.45, 2.75) is 6.54 Å². The van der Waals surface area contributed by atoms with Crippen LogP contribution < -0.4 is 10.3 Å². The molecule has 0 saturated carbocycles. The standard InChI is InChI=1S/C26H23ClN2O5/c27-17-3-5-18(6-4-17)29-11-9-28(10-12-29)15-20-21(31)13-22(32)25-23(33)14-24(34-26(20)25)16-1-7-19(30)8-2-16/h1-8,13-14,30-32H,9-12,15H2. The lowest BCUT2D eigenvalue weighted by Crippen LogP contribution is -2.46. The zero-order chi connectivity index (χ0) is 23.8. The monoisotopic (exact) mass is 478 g/mol. The lowest BCUT2D eigenvalue weighted by atomic mass is 10.1. The zero-order valence-corrected chi connectivity index (χ0v) is 19.0. The molecule has 0 atom stereocenters. The molecular formula is C26H23ClN2O5. The molecular weight excluding hydrogens is 456 g/mol. The molecule has 3 N–H and O–H groups in total. The van der Waals surface area contributed by atoms with Crippen molar-refractivity contribution in [2.24, 2.45) is 0 Å². The van der Waals surface area contributed by atoms with Gasteiger partial charge in [-0.15, -0.1) is 0 Å². The largest absolute Gasteiger partial charge is 0.508 e. The Morgan fingerprint density at radius 3 is 2.21 bits per heavy atom. The van der Waals surface area contributed by atoms with E-state index in [0.29, 0.717) is 22.7 Å². The first-order valence-electron chi connectivity index (χ1n) is 10.9. The predicted octanol–water partition coefficient (Wildman–Crippen LogP) is 4.55. The van der Waals surface area contributed by atoms with Crippen LogP contribution in [-0.2, 0) is 6.54 Å². The van der Waals surface area contributed by atoms with Crippen molar-refractivity contribution in [3.8, 4) is 28.6 Å². The van der Waals surface area contributed by atoms with Crippen molar-refractivity contribution in [1.29, 1.82) is 0 Å². The van der Waals surface area contributed by atoms with E-state index in [1.807, 2.05) is 24.3 Å². The molecule has 5 rings (SSSR count). The Morgan fingerprint density at radius 2 is 1.53 bits per heavy atom. The molecule has 8 heteroatoms. The second kappa shape index (κ2) is 8.93. The van der Waals surface area contributed by atoms with Crippen LogP contribution in [-0.4, -0.2) is 46.4 Å². The summed E-state index contributed by atoms with van der Waals surface area (Å²) in [6, 6.07) is 16.5. The number of halogens is 1. The van der Waals surface area contributed by atoms with Gasteiger partial charge in [-0.25, -0.2) is 0 Å². The van der Waals surface area contributed by atoms with E-state index < -0.39 is 5.43 Å². The lowest BCUT2D eigenvalue weighted by molar-refractivity contribution is 0.246. The van der Waals surface area contributed by atoms with Crippen molar-refractivity contribution in [2.75, 3.05) is 31.1 Å². The summed E-state index contributed by atoms with van der Waals surface area (Å²) in [6.45, 7) is 3.43. The summed E-state index contributed by atoms with van der Waals surface area (Å²) in [5.74, 6) is -0.0668. The van der Waals surface area contributed by atoms with Crippen molar-refractivity contribution >= 4 is 28.3 Å². The van der Waals surface area contributed by atoms with Gasteiger partial charge < -0.3 is 24.6 Å². The maximum absolute atomic E-state index is 12.9. The topological polar surface area (TPSA) is 97.4 Å². The second-order valence-electron chi connectivity index (χ2n) is 8.36. The first-order chi connectivity index (χ1) is 16.4. The van der Waals surface area contributed by atoms with E-state index in [4.69, 9.17) is 16.0 Å². The summed E-state index contributed by atoms with van der Waals surface area (Å²) in [5.41, 5.74) is 1.91. The molecule has 0 aliphatic carbocycles. The van der Waals surface area contributed by atoms with Gasteiger partial charge in [0.1, 0.15) is 28.4 Å². The molecule has 7 nitrogen and oxygen atoms in total. The average molecular weight is 479 g/mol. The number of piperazine rings is 1. The molecule has 4 aromatic rings. The number of hydrogen-bond acceptors (Lipinski definition) is 7. The molecule has 1 saturated heterocycles. The van der Waals surface area contributed by atoms with Crippen LogP contribution >= 0.6 is 11.6 Å². The average Bonchev–Trinajstić information content (AvgIpc) is 2.82. The maximum Gasteiger partial charge on any atom is 0.197 e. The first kappa shape index (κ1) is 22.1. The fourth-order valence-electron chi connectivity index (χ4n) is 4.31. The molecule has 0 amide bonds. The highest BCUT2D eigenvalue weighted by Gasteiger charge is 2.23. The Bertz CT molecular complexity index is 1390. The van der Waals surface area contributed by atoms with Gasteiger partial charge in [0.25, 0.3) is 0 Å². The molecule has 0 spiro atoms. The summed E-state index contributed by atoms with van der Waals surface area (Å²) >= 11 is 6.00. The van der Waals surface area contributed by atoms with Crippen LogP contribution in [0.2, 0.25) is 5.02 Å².